The molecule has 0 spiro atoms. The summed E-state index contributed by atoms with van der Waals surface area (Å²) in [5, 5.41) is 10.8. The molecule has 0 fully saturated rings. The average molecular weight is 343 g/mol. The number of aryl methyl sites for hydroxylation is 2. The average Bonchev–Trinajstić information content (AvgIpc) is 3.04. The Kier molecular flexibility index (Phi) is 6.86. The first-order chi connectivity index (χ1) is 12.1. The molecule has 0 bridgehead atoms. The number of nitrogens with one attached hydrogen (secondary N) is 2. The largest absolute Gasteiger partial charge is 0.378 e. The third-order valence-electron chi connectivity index (χ3n) is 4.18. The van der Waals surface area contributed by atoms with Crippen molar-refractivity contribution in [3.63, 3.8) is 0 Å². The van der Waals surface area contributed by atoms with Crippen LogP contribution in [-0.2, 0) is 25.9 Å². The van der Waals surface area contributed by atoms with Gasteiger partial charge in [0.25, 0.3) is 0 Å². The Balaban J connectivity index is 1.92. The zero-order valence-electron chi connectivity index (χ0n) is 15.9. The fourth-order valence-electron chi connectivity index (χ4n) is 2.63. The second kappa shape index (κ2) is 9.11. The summed E-state index contributed by atoms with van der Waals surface area (Å²) >= 11 is 0. The lowest BCUT2D eigenvalue weighted by atomic mass is 10.1. The van der Waals surface area contributed by atoms with E-state index >= 15 is 0 Å². The van der Waals surface area contributed by atoms with Gasteiger partial charge in [0, 0.05) is 51.9 Å². The van der Waals surface area contributed by atoms with Gasteiger partial charge in [0.1, 0.15) is 5.76 Å². The van der Waals surface area contributed by atoms with Crippen molar-refractivity contribution >= 4 is 11.6 Å². The lowest BCUT2D eigenvalue weighted by Gasteiger charge is -2.14. The van der Waals surface area contributed by atoms with Crippen molar-refractivity contribution in [2.24, 2.45) is 4.99 Å². The molecule has 1 aromatic heterocycles. The topological polar surface area (TPSA) is 65.7 Å². The zero-order valence-corrected chi connectivity index (χ0v) is 15.9. The molecule has 1 aromatic carbocycles. The fourth-order valence-corrected chi connectivity index (χ4v) is 2.63. The molecule has 2 aromatic rings. The highest BCUT2D eigenvalue weighted by Crippen LogP contribution is 2.15. The van der Waals surface area contributed by atoms with Gasteiger partial charge in [0.15, 0.2) is 5.96 Å². The molecule has 0 radical (unpaired) electrons. The summed E-state index contributed by atoms with van der Waals surface area (Å²) in [7, 11) is 5.86. The van der Waals surface area contributed by atoms with Crippen LogP contribution in [0.3, 0.4) is 0 Å². The van der Waals surface area contributed by atoms with E-state index in [4.69, 9.17) is 4.52 Å². The molecule has 0 aliphatic rings. The minimum Gasteiger partial charge on any atom is -0.378 e. The number of guanidine groups is 1. The summed E-state index contributed by atoms with van der Waals surface area (Å²) in [6.45, 7) is 5.55. The molecule has 0 unspecified atom stereocenters. The van der Waals surface area contributed by atoms with Crippen LogP contribution in [0.1, 0.15) is 36.4 Å². The normalized spacial score (nSPS) is 11.5. The maximum absolute atomic E-state index is 5.41. The van der Waals surface area contributed by atoms with Crippen molar-refractivity contribution < 1.29 is 4.52 Å². The third-order valence-corrected chi connectivity index (χ3v) is 4.18. The van der Waals surface area contributed by atoms with E-state index in [0.29, 0.717) is 6.54 Å². The van der Waals surface area contributed by atoms with Crippen LogP contribution in [-0.4, -0.2) is 32.3 Å². The van der Waals surface area contributed by atoms with E-state index in [0.717, 1.165) is 42.4 Å². The number of rotatable bonds is 7. The maximum atomic E-state index is 5.41. The smallest absolute Gasteiger partial charge is 0.191 e. The predicted molar refractivity (Wildman–Crippen MR) is 103 cm³/mol. The molecular weight excluding hydrogens is 314 g/mol. The van der Waals surface area contributed by atoms with Crippen LogP contribution in [0, 0.1) is 0 Å². The summed E-state index contributed by atoms with van der Waals surface area (Å²) < 4.78 is 5.41. The van der Waals surface area contributed by atoms with Crippen molar-refractivity contribution in [2.45, 2.75) is 39.8 Å². The van der Waals surface area contributed by atoms with E-state index in [2.05, 4.69) is 63.8 Å². The molecule has 0 saturated heterocycles. The molecule has 0 amide bonds. The third kappa shape index (κ3) is 4.98. The van der Waals surface area contributed by atoms with Crippen LogP contribution in [0.25, 0.3) is 0 Å². The Morgan fingerprint density at radius 2 is 1.76 bits per heavy atom. The van der Waals surface area contributed by atoms with Gasteiger partial charge in [-0.3, -0.25) is 4.99 Å². The Hall–Kier alpha value is -2.50. The number of aliphatic imine (C=N–C) groups is 1. The lowest BCUT2D eigenvalue weighted by Crippen LogP contribution is -2.36. The molecule has 0 aliphatic carbocycles. The molecule has 0 saturated carbocycles. The van der Waals surface area contributed by atoms with Crippen molar-refractivity contribution in [2.75, 3.05) is 26.0 Å². The van der Waals surface area contributed by atoms with Gasteiger partial charge < -0.3 is 20.1 Å². The van der Waals surface area contributed by atoms with Crippen LogP contribution >= 0.6 is 0 Å². The van der Waals surface area contributed by atoms with Crippen molar-refractivity contribution in [1.29, 1.82) is 0 Å². The van der Waals surface area contributed by atoms with Crippen LogP contribution in [0.4, 0.5) is 5.69 Å². The Bertz CT molecular complexity index is 667. The van der Waals surface area contributed by atoms with E-state index in [1.807, 2.05) is 14.1 Å². The van der Waals surface area contributed by atoms with Gasteiger partial charge in [-0.15, -0.1) is 0 Å². The SMILES string of the molecule is CCc1noc(CC)c1CNC(=NC)NCc1ccc(N(C)C)cc1. The maximum Gasteiger partial charge on any atom is 0.191 e. The second-order valence-corrected chi connectivity index (χ2v) is 6.08. The van der Waals surface area contributed by atoms with E-state index < -0.39 is 0 Å². The first kappa shape index (κ1) is 18.8. The molecule has 0 aliphatic heterocycles. The minimum absolute atomic E-state index is 0.662. The minimum atomic E-state index is 0.662. The Morgan fingerprint density at radius 1 is 1.08 bits per heavy atom. The van der Waals surface area contributed by atoms with Gasteiger partial charge in [0.05, 0.1) is 5.69 Å². The molecule has 6 heteroatoms. The summed E-state index contributed by atoms with van der Waals surface area (Å²) in [5.41, 5.74) is 4.56. The summed E-state index contributed by atoms with van der Waals surface area (Å²) in [5.74, 6) is 1.71. The molecule has 2 rings (SSSR count). The first-order valence-electron chi connectivity index (χ1n) is 8.76. The van der Waals surface area contributed by atoms with Gasteiger partial charge in [-0.25, -0.2) is 0 Å². The van der Waals surface area contributed by atoms with E-state index in [1.165, 1.54) is 11.3 Å². The monoisotopic (exact) mass is 343 g/mol. The second-order valence-electron chi connectivity index (χ2n) is 6.08. The quantitative estimate of drug-likeness (QED) is 0.598. The highest BCUT2D eigenvalue weighted by atomic mass is 16.5. The van der Waals surface area contributed by atoms with Crippen molar-refractivity contribution in [3.05, 3.63) is 46.8 Å². The number of hydrogen-bond donors (Lipinski definition) is 2. The summed E-state index contributed by atoms with van der Waals surface area (Å²) in [6.07, 6.45) is 1.71. The predicted octanol–water partition coefficient (Wildman–Crippen LogP) is 2.73. The number of anilines is 1. The van der Waals surface area contributed by atoms with Gasteiger partial charge in [-0.05, 0) is 24.1 Å². The van der Waals surface area contributed by atoms with Gasteiger partial charge in [-0.2, -0.15) is 0 Å². The van der Waals surface area contributed by atoms with Crippen molar-refractivity contribution in [3.8, 4) is 0 Å². The number of aromatic nitrogens is 1. The van der Waals surface area contributed by atoms with E-state index in [1.54, 1.807) is 7.05 Å². The summed E-state index contributed by atoms with van der Waals surface area (Å²) in [4.78, 5) is 6.39. The Labute approximate surface area is 150 Å². The molecular formula is C19H29N5O. The summed E-state index contributed by atoms with van der Waals surface area (Å²) in [6, 6.07) is 8.48. The molecule has 1 heterocycles. The zero-order chi connectivity index (χ0) is 18.2. The first-order valence-corrected chi connectivity index (χ1v) is 8.76. The molecule has 2 N–H and O–H groups in total. The van der Waals surface area contributed by atoms with Crippen LogP contribution in [0.2, 0.25) is 0 Å². The number of hydrogen-bond acceptors (Lipinski definition) is 4. The Morgan fingerprint density at radius 3 is 2.32 bits per heavy atom. The lowest BCUT2D eigenvalue weighted by molar-refractivity contribution is 0.380. The van der Waals surface area contributed by atoms with Gasteiger partial charge >= 0.3 is 0 Å². The van der Waals surface area contributed by atoms with Crippen LogP contribution in [0.5, 0.6) is 0 Å². The van der Waals surface area contributed by atoms with Crippen LogP contribution < -0.4 is 15.5 Å². The van der Waals surface area contributed by atoms with Gasteiger partial charge in [-0.1, -0.05) is 31.1 Å². The highest BCUT2D eigenvalue weighted by Gasteiger charge is 2.13. The number of benzene rings is 1. The van der Waals surface area contributed by atoms with E-state index in [-0.39, 0.29) is 0 Å². The molecule has 136 valence electrons. The van der Waals surface area contributed by atoms with E-state index in [9.17, 15) is 0 Å². The molecule has 25 heavy (non-hydrogen) atoms. The molecule has 0 atom stereocenters. The fraction of sp³-hybridized carbons (Fsp3) is 0.474. The van der Waals surface area contributed by atoms with Crippen molar-refractivity contribution in [1.82, 2.24) is 15.8 Å². The number of nitrogens with zero attached hydrogens (tertiary/aromatic N) is 3. The standard InChI is InChI=1S/C19H29N5O/c1-6-17-16(18(7-2)25-23-17)13-22-19(20-3)21-12-14-8-10-15(11-9-14)24(4)5/h8-11H,6-7,12-13H2,1-5H3,(H2,20,21,22). The van der Waals surface area contributed by atoms with Crippen LogP contribution in [0.15, 0.2) is 33.8 Å². The highest BCUT2D eigenvalue weighted by molar-refractivity contribution is 5.79. The van der Waals surface area contributed by atoms with Gasteiger partial charge in [0.2, 0.25) is 0 Å². The molecule has 6 nitrogen and oxygen atoms in total.